The van der Waals surface area contributed by atoms with Crippen molar-refractivity contribution >= 4 is 20.1 Å². The number of rotatable bonds is 4. The summed E-state index contributed by atoms with van der Waals surface area (Å²) in [5.41, 5.74) is -1.25. The van der Waals surface area contributed by atoms with Gasteiger partial charge in [-0.1, -0.05) is 34.6 Å². The van der Waals surface area contributed by atoms with Crippen LogP contribution >= 0.6 is 0 Å². The van der Waals surface area contributed by atoms with Crippen LogP contribution in [-0.2, 0) is 18.8 Å². The fourth-order valence-corrected chi connectivity index (χ4v) is 9.55. The topological polar surface area (TPSA) is 72.8 Å². The van der Waals surface area contributed by atoms with Gasteiger partial charge in [0.2, 0.25) is 0 Å². The second-order valence-corrected chi connectivity index (χ2v) is 18.5. The molecule has 5 nitrogen and oxygen atoms in total. The van der Waals surface area contributed by atoms with Crippen LogP contribution in [0, 0.1) is 28.6 Å². The molecule has 4 aliphatic rings. The smallest absolute Gasteiger partial charge is 0.306 e. The Balaban J connectivity index is 1.83. The Morgan fingerprint density at radius 2 is 1.82 bits per heavy atom. The molecule has 1 spiro atoms. The Morgan fingerprint density at radius 3 is 2.36 bits per heavy atom. The zero-order valence-electron chi connectivity index (χ0n) is 22.1. The molecule has 1 heterocycles. The number of hydrogen-bond acceptors (Lipinski definition) is 5. The molecule has 8 atom stereocenters. The minimum Gasteiger partial charge on any atom is -0.456 e. The average Bonchev–Trinajstić information content (AvgIpc) is 3.20. The summed E-state index contributed by atoms with van der Waals surface area (Å²) in [4.78, 5) is 25.3. The first-order chi connectivity index (χ1) is 15.1. The summed E-state index contributed by atoms with van der Waals surface area (Å²) >= 11 is 0. The molecule has 1 aliphatic heterocycles. The summed E-state index contributed by atoms with van der Waals surface area (Å²) in [5.74, 6) is 1.12. The highest BCUT2D eigenvalue weighted by Crippen LogP contribution is 2.68. The van der Waals surface area contributed by atoms with Gasteiger partial charge in [0.15, 0.2) is 8.32 Å². The monoisotopic (exact) mass is 478 g/mol. The van der Waals surface area contributed by atoms with Crippen LogP contribution in [0.15, 0.2) is 0 Å². The van der Waals surface area contributed by atoms with Crippen molar-refractivity contribution in [3.05, 3.63) is 0 Å². The predicted molar refractivity (Wildman–Crippen MR) is 131 cm³/mol. The van der Waals surface area contributed by atoms with Gasteiger partial charge in [0.05, 0.1) is 12.2 Å². The molecule has 33 heavy (non-hydrogen) atoms. The van der Waals surface area contributed by atoms with Gasteiger partial charge in [-0.25, -0.2) is 0 Å². The fourth-order valence-electron chi connectivity index (χ4n) is 8.19. The molecule has 0 radical (unpaired) electrons. The number of Topliss-reactive ketones (excluding diaryl/α,β-unsaturated/α-hetero) is 1. The standard InChI is InChI=1S/C27H46O5Si/c1-17(28)16-26(6)20-11-13-25(5)19(9-10-21(25)29)18(20)15-22(27(26)14-12-23(30)31-27)32-33(7,8)24(2,3)4/h18-22,29H,9-16H2,1-8H3/t18-,19-,20-,21-,22+,25-,26+,27-/m0/s1. The third kappa shape index (κ3) is 3.69. The second-order valence-electron chi connectivity index (χ2n) is 13.8. The number of esters is 1. The molecular formula is C27H46O5Si. The van der Waals surface area contributed by atoms with Gasteiger partial charge in [-0.05, 0) is 80.3 Å². The number of fused-ring (bicyclic) bond motifs is 3. The van der Waals surface area contributed by atoms with Crippen LogP contribution in [0.4, 0.5) is 0 Å². The van der Waals surface area contributed by atoms with E-state index < -0.39 is 19.3 Å². The van der Waals surface area contributed by atoms with Crippen LogP contribution in [0.1, 0.15) is 92.9 Å². The lowest BCUT2D eigenvalue weighted by Gasteiger charge is -2.64. The zero-order valence-corrected chi connectivity index (χ0v) is 23.1. The molecular weight excluding hydrogens is 432 g/mol. The Hall–Kier alpha value is -0.723. The molecule has 0 bridgehead atoms. The molecule has 0 aromatic rings. The van der Waals surface area contributed by atoms with Gasteiger partial charge < -0.3 is 19.1 Å². The number of ether oxygens (including phenoxy) is 1. The fraction of sp³-hybridized carbons (Fsp3) is 0.926. The maximum absolute atomic E-state index is 12.7. The molecule has 4 rings (SSSR count). The molecule has 0 amide bonds. The largest absolute Gasteiger partial charge is 0.456 e. The van der Waals surface area contributed by atoms with Gasteiger partial charge >= 0.3 is 5.97 Å². The number of hydrogen-bond donors (Lipinski definition) is 1. The molecule has 1 N–H and O–H groups in total. The lowest BCUT2D eigenvalue weighted by molar-refractivity contribution is -0.237. The lowest BCUT2D eigenvalue weighted by atomic mass is 9.44. The minimum atomic E-state index is -2.16. The Morgan fingerprint density at radius 1 is 1.15 bits per heavy atom. The second kappa shape index (κ2) is 7.89. The Labute approximate surface area is 201 Å². The summed E-state index contributed by atoms with van der Waals surface area (Å²) in [6.45, 7) is 17.5. The number of aliphatic hydroxyl groups excluding tert-OH is 1. The van der Waals surface area contributed by atoms with Crippen molar-refractivity contribution in [1.29, 1.82) is 0 Å². The van der Waals surface area contributed by atoms with Crippen molar-refractivity contribution < 1.29 is 23.9 Å². The summed E-state index contributed by atoms with van der Waals surface area (Å²) < 4.78 is 13.5. The highest BCUT2D eigenvalue weighted by atomic mass is 28.4. The SMILES string of the molecule is CC(=O)C[C@]1(C)[C@H]2CC[C@]3(C)[C@@H](O)CC[C@H]3[C@@H]2C[C@@H](O[Si](C)(C)C(C)(C)C)[C@@]12CCC(=O)O2. The third-order valence-electron chi connectivity index (χ3n) is 11.0. The predicted octanol–water partition coefficient (Wildman–Crippen LogP) is 5.65. The van der Waals surface area contributed by atoms with E-state index in [1.165, 1.54) is 0 Å². The molecule has 6 heteroatoms. The molecule has 3 aliphatic carbocycles. The first kappa shape index (κ1) is 25.4. The number of carbonyl (C=O) groups is 2. The Kier molecular flexibility index (Phi) is 6.07. The molecule has 0 unspecified atom stereocenters. The van der Waals surface area contributed by atoms with Crippen LogP contribution in [-0.4, -0.2) is 43.0 Å². The van der Waals surface area contributed by atoms with Crippen LogP contribution in [0.3, 0.4) is 0 Å². The lowest BCUT2D eigenvalue weighted by Crippen LogP contribution is -2.68. The maximum atomic E-state index is 12.7. The third-order valence-corrected chi connectivity index (χ3v) is 15.5. The molecule has 0 aromatic heterocycles. The van der Waals surface area contributed by atoms with Gasteiger partial charge in [0.25, 0.3) is 0 Å². The first-order valence-electron chi connectivity index (χ1n) is 13.1. The van der Waals surface area contributed by atoms with Crippen molar-refractivity contribution in [3.63, 3.8) is 0 Å². The van der Waals surface area contributed by atoms with E-state index in [9.17, 15) is 14.7 Å². The van der Waals surface area contributed by atoms with Crippen LogP contribution in [0.2, 0.25) is 18.1 Å². The zero-order chi connectivity index (χ0) is 24.6. The van der Waals surface area contributed by atoms with Crippen LogP contribution in [0.5, 0.6) is 0 Å². The maximum Gasteiger partial charge on any atom is 0.306 e. The van der Waals surface area contributed by atoms with Gasteiger partial charge in [-0.3, -0.25) is 4.79 Å². The van der Waals surface area contributed by atoms with Crippen molar-refractivity contribution in [2.45, 2.75) is 129 Å². The van der Waals surface area contributed by atoms with E-state index in [-0.39, 0.29) is 34.4 Å². The van der Waals surface area contributed by atoms with E-state index in [1.54, 1.807) is 6.92 Å². The van der Waals surface area contributed by atoms with E-state index in [0.29, 0.717) is 37.0 Å². The summed E-state index contributed by atoms with van der Waals surface area (Å²) in [7, 11) is -2.16. The van der Waals surface area contributed by atoms with Gasteiger partial charge in [-0.15, -0.1) is 0 Å². The summed E-state index contributed by atoms with van der Waals surface area (Å²) in [6, 6.07) is 0. The number of carbonyl (C=O) groups excluding carboxylic acids is 2. The average molecular weight is 479 g/mol. The molecule has 1 saturated heterocycles. The number of ketones is 1. The quantitative estimate of drug-likeness (QED) is 0.418. The van der Waals surface area contributed by atoms with E-state index in [2.05, 4.69) is 47.7 Å². The van der Waals surface area contributed by atoms with Gasteiger partial charge in [0, 0.05) is 24.7 Å². The van der Waals surface area contributed by atoms with E-state index >= 15 is 0 Å². The summed E-state index contributed by atoms with van der Waals surface area (Å²) in [6.07, 6.45) is 5.74. The first-order valence-corrected chi connectivity index (χ1v) is 16.1. The Bertz CT molecular complexity index is 818. The van der Waals surface area contributed by atoms with E-state index in [1.807, 2.05) is 0 Å². The van der Waals surface area contributed by atoms with Gasteiger partial charge in [-0.2, -0.15) is 0 Å². The highest BCUT2D eigenvalue weighted by molar-refractivity contribution is 6.74. The van der Waals surface area contributed by atoms with E-state index in [0.717, 1.165) is 32.1 Å². The molecule has 0 aromatic carbocycles. The van der Waals surface area contributed by atoms with Crippen molar-refractivity contribution in [2.24, 2.45) is 28.6 Å². The highest BCUT2D eigenvalue weighted by Gasteiger charge is 2.70. The van der Waals surface area contributed by atoms with Gasteiger partial charge in [0.1, 0.15) is 11.4 Å². The van der Waals surface area contributed by atoms with Crippen LogP contribution in [0.25, 0.3) is 0 Å². The summed E-state index contributed by atoms with van der Waals surface area (Å²) in [5, 5.41) is 10.9. The normalized spacial score (nSPS) is 45.6. The van der Waals surface area contributed by atoms with Crippen molar-refractivity contribution in [1.82, 2.24) is 0 Å². The van der Waals surface area contributed by atoms with Crippen molar-refractivity contribution in [3.8, 4) is 0 Å². The minimum absolute atomic E-state index is 0.0370. The molecule has 3 saturated carbocycles. The van der Waals surface area contributed by atoms with E-state index in [4.69, 9.17) is 9.16 Å². The van der Waals surface area contributed by atoms with Crippen molar-refractivity contribution in [2.75, 3.05) is 0 Å². The molecule has 188 valence electrons. The molecule has 4 fully saturated rings. The number of aliphatic hydroxyl groups is 1. The van der Waals surface area contributed by atoms with Crippen LogP contribution < -0.4 is 0 Å².